The van der Waals surface area contributed by atoms with Gasteiger partial charge < -0.3 is 9.64 Å². The van der Waals surface area contributed by atoms with Crippen LogP contribution in [0.5, 0.6) is 0 Å². The number of carbonyl (C=O) groups excluding carboxylic acids is 1. The second kappa shape index (κ2) is 4.48. The summed E-state index contributed by atoms with van der Waals surface area (Å²) in [5, 5.41) is 0. The molecule has 3 nitrogen and oxygen atoms in total. The highest BCUT2D eigenvalue weighted by Gasteiger charge is 2.50. The second-order valence-electron chi connectivity index (χ2n) is 6.92. The zero-order valence-corrected chi connectivity index (χ0v) is 13.8. The third kappa shape index (κ3) is 2.58. The molecule has 0 unspecified atom stereocenters. The van der Waals surface area contributed by atoms with Crippen molar-refractivity contribution in [3.8, 4) is 0 Å². The van der Waals surface area contributed by atoms with Crippen LogP contribution in [0, 0.1) is 0 Å². The summed E-state index contributed by atoms with van der Waals surface area (Å²) in [5.41, 5.74) is 2.41. The summed E-state index contributed by atoms with van der Waals surface area (Å²) in [6, 6.07) is 6.44. The molecule has 1 aromatic rings. The van der Waals surface area contributed by atoms with Crippen LogP contribution < -0.4 is 0 Å². The van der Waals surface area contributed by atoms with Gasteiger partial charge in [-0.05, 0) is 56.9 Å². The Kier molecular flexibility index (Phi) is 3.12. The van der Waals surface area contributed by atoms with E-state index in [-0.39, 0.29) is 11.5 Å². The number of rotatable bonds is 0. The van der Waals surface area contributed by atoms with E-state index in [9.17, 15) is 4.79 Å². The minimum atomic E-state index is -0.439. The molecule has 0 aromatic heterocycles. The first-order valence-corrected chi connectivity index (χ1v) is 7.85. The quantitative estimate of drug-likeness (QED) is 0.708. The Balaban J connectivity index is 1.86. The molecule has 1 spiro atoms. The van der Waals surface area contributed by atoms with Gasteiger partial charge in [-0.3, -0.25) is 0 Å². The van der Waals surface area contributed by atoms with Gasteiger partial charge in [-0.25, -0.2) is 4.79 Å². The van der Waals surface area contributed by atoms with Crippen LogP contribution in [0.1, 0.15) is 44.7 Å². The van der Waals surface area contributed by atoms with E-state index in [2.05, 4.69) is 34.1 Å². The van der Waals surface area contributed by atoms with E-state index in [1.54, 1.807) is 0 Å². The highest BCUT2D eigenvalue weighted by Crippen LogP contribution is 2.52. The van der Waals surface area contributed by atoms with E-state index in [4.69, 9.17) is 4.74 Å². The maximum atomic E-state index is 12.3. The third-order valence-corrected chi connectivity index (χ3v) is 4.49. The number of hydrogen-bond acceptors (Lipinski definition) is 2. The van der Waals surface area contributed by atoms with E-state index in [1.807, 2.05) is 25.7 Å². The summed E-state index contributed by atoms with van der Waals surface area (Å²) < 4.78 is 6.59. The maximum absolute atomic E-state index is 12.3. The molecule has 3 rings (SSSR count). The van der Waals surface area contributed by atoms with Crippen LogP contribution in [-0.2, 0) is 16.7 Å². The van der Waals surface area contributed by atoms with Crippen LogP contribution in [0.25, 0.3) is 0 Å². The van der Waals surface area contributed by atoms with Crippen molar-refractivity contribution in [1.82, 2.24) is 4.90 Å². The lowest BCUT2D eigenvalue weighted by atomic mass is 9.87. The average molecular weight is 338 g/mol. The Morgan fingerprint density at radius 1 is 1.35 bits per heavy atom. The standard InChI is InChI=1S/C16H20BrNO2/c1-15(2,3)20-14(19)18-9-11-8-12(17)4-5-13(11)16(10-18)6-7-16/h4-5,8H,6-7,9-10H2,1-3H3. The molecular weight excluding hydrogens is 318 g/mol. The zero-order valence-electron chi connectivity index (χ0n) is 12.2. The van der Waals surface area contributed by atoms with Gasteiger partial charge in [0.15, 0.2) is 0 Å². The molecule has 2 aliphatic rings. The summed E-state index contributed by atoms with van der Waals surface area (Å²) in [6.07, 6.45) is 2.14. The van der Waals surface area contributed by atoms with Crippen LogP contribution in [0.2, 0.25) is 0 Å². The van der Waals surface area contributed by atoms with Crippen LogP contribution in [0.3, 0.4) is 0 Å². The fourth-order valence-electron chi connectivity index (χ4n) is 2.96. The first-order valence-electron chi connectivity index (χ1n) is 7.06. The fraction of sp³-hybridized carbons (Fsp3) is 0.562. The van der Waals surface area contributed by atoms with Crippen molar-refractivity contribution >= 4 is 22.0 Å². The minimum Gasteiger partial charge on any atom is -0.444 e. The average Bonchev–Trinajstić information content (AvgIpc) is 3.06. The van der Waals surface area contributed by atoms with E-state index in [0.29, 0.717) is 6.54 Å². The number of nitrogens with zero attached hydrogens (tertiary/aromatic N) is 1. The number of halogens is 1. The number of ether oxygens (including phenoxy) is 1. The van der Waals surface area contributed by atoms with E-state index in [0.717, 1.165) is 11.0 Å². The lowest BCUT2D eigenvalue weighted by molar-refractivity contribution is 0.0197. The Bertz CT molecular complexity index is 558. The third-order valence-electron chi connectivity index (χ3n) is 4.00. The first kappa shape index (κ1) is 13.9. The van der Waals surface area contributed by atoms with Crippen molar-refractivity contribution in [3.63, 3.8) is 0 Å². The summed E-state index contributed by atoms with van der Waals surface area (Å²) in [6.45, 7) is 7.16. The highest BCUT2D eigenvalue weighted by molar-refractivity contribution is 9.10. The van der Waals surface area contributed by atoms with Crippen LogP contribution in [-0.4, -0.2) is 23.1 Å². The second-order valence-corrected chi connectivity index (χ2v) is 7.83. The molecule has 108 valence electrons. The molecule has 1 amide bonds. The Morgan fingerprint density at radius 3 is 2.65 bits per heavy atom. The SMILES string of the molecule is CC(C)(C)OC(=O)N1Cc2cc(Br)ccc2C2(CC2)C1. The van der Waals surface area contributed by atoms with Crippen molar-refractivity contribution in [2.45, 2.75) is 51.2 Å². The highest BCUT2D eigenvalue weighted by atomic mass is 79.9. The summed E-state index contributed by atoms with van der Waals surface area (Å²) in [7, 11) is 0. The van der Waals surface area contributed by atoms with Crippen molar-refractivity contribution in [3.05, 3.63) is 33.8 Å². The molecule has 1 aliphatic carbocycles. The van der Waals surface area contributed by atoms with Gasteiger partial charge >= 0.3 is 6.09 Å². The molecule has 1 aliphatic heterocycles. The normalized spacial score (nSPS) is 19.7. The molecular formula is C16H20BrNO2. The minimum absolute atomic E-state index is 0.186. The Morgan fingerprint density at radius 2 is 2.05 bits per heavy atom. The van der Waals surface area contributed by atoms with Gasteiger partial charge in [0.05, 0.1) is 0 Å². The molecule has 0 atom stereocenters. The maximum Gasteiger partial charge on any atom is 0.410 e. The first-order chi connectivity index (χ1) is 9.29. The van der Waals surface area contributed by atoms with Crippen LogP contribution in [0.4, 0.5) is 4.79 Å². The lowest BCUT2D eigenvalue weighted by Gasteiger charge is -2.36. The monoisotopic (exact) mass is 337 g/mol. The fourth-order valence-corrected chi connectivity index (χ4v) is 3.36. The lowest BCUT2D eigenvalue weighted by Crippen LogP contribution is -2.44. The number of fused-ring (bicyclic) bond motifs is 2. The molecule has 1 heterocycles. The summed E-state index contributed by atoms with van der Waals surface area (Å²) >= 11 is 3.52. The van der Waals surface area contributed by atoms with E-state index >= 15 is 0 Å². The number of hydrogen-bond donors (Lipinski definition) is 0. The predicted molar refractivity (Wildman–Crippen MR) is 81.7 cm³/mol. The molecule has 0 saturated heterocycles. The number of amides is 1. The topological polar surface area (TPSA) is 29.5 Å². The van der Waals surface area contributed by atoms with Crippen LogP contribution >= 0.6 is 15.9 Å². The molecule has 0 bridgehead atoms. The molecule has 20 heavy (non-hydrogen) atoms. The van der Waals surface area contributed by atoms with Gasteiger partial charge in [0.1, 0.15) is 5.60 Å². The summed E-state index contributed by atoms with van der Waals surface area (Å²) in [4.78, 5) is 14.2. The molecule has 0 radical (unpaired) electrons. The number of benzene rings is 1. The summed E-state index contributed by atoms with van der Waals surface area (Å²) in [5.74, 6) is 0. The zero-order chi connectivity index (χ0) is 14.5. The predicted octanol–water partition coefficient (Wildman–Crippen LogP) is 4.23. The Labute approximate surface area is 128 Å². The van der Waals surface area contributed by atoms with Gasteiger partial charge in [0.2, 0.25) is 0 Å². The molecule has 0 N–H and O–H groups in total. The van der Waals surface area contributed by atoms with Gasteiger partial charge in [0.25, 0.3) is 0 Å². The molecule has 1 saturated carbocycles. The molecule has 1 fully saturated rings. The number of carbonyl (C=O) groups is 1. The van der Waals surface area contributed by atoms with Gasteiger partial charge in [0, 0.05) is 23.0 Å². The van der Waals surface area contributed by atoms with E-state index in [1.165, 1.54) is 24.0 Å². The van der Waals surface area contributed by atoms with Crippen molar-refractivity contribution in [2.24, 2.45) is 0 Å². The van der Waals surface area contributed by atoms with Crippen molar-refractivity contribution < 1.29 is 9.53 Å². The molecule has 4 heteroatoms. The van der Waals surface area contributed by atoms with Crippen molar-refractivity contribution in [2.75, 3.05) is 6.54 Å². The molecule has 1 aromatic carbocycles. The van der Waals surface area contributed by atoms with Crippen LogP contribution in [0.15, 0.2) is 22.7 Å². The van der Waals surface area contributed by atoms with Crippen molar-refractivity contribution in [1.29, 1.82) is 0 Å². The smallest absolute Gasteiger partial charge is 0.410 e. The Hall–Kier alpha value is -1.03. The largest absolute Gasteiger partial charge is 0.444 e. The van der Waals surface area contributed by atoms with Gasteiger partial charge in [-0.15, -0.1) is 0 Å². The van der Waals surface area contributed by atoms with E-state index < -0.39 is 5.60 Å². The van der Waals surface area contributed by atoms with Gasteiger partial charge in [-0.2, -0.15) is 0 Å². The van der Waals surface area contributed by atoms with Gasteiger partial charge in [-0.1, -0.05) is 22.0 Å².